The van der Waals surface area contributed by atoms with E-state index in [1.54, 1.807) is 4.90 Å². The molecule has 1 aliphatic rings. The van der Waals surface area contributed by atoms with Crippen LogP contribution in [0.25, 0.3) is 0 Å². The molecule has 0 bridgehead atoms. The number of nitrogens with one attached hydrogen (secondary N) is 1. The molecule has 0 fully saturated rings. The summed E-state index contributed by atoms with van der Waals surface area (Å²) in [4.78, 5) is 13.3. The maximum atomic E-state index is 11.6. The van der Waals surface area contributed by atoms with E-state index >= 15 is 0 Å². The van der Waals surface area contributed by atoms with E-state index in [4.69, 9.17) is 0 Å². The van der Waals surface area contributed by atoms with Crippen molar-refractivity contribution in [2.24, 2.45) is 0 Å². The van der Waals surface area contributed by atoms with E-state index in [0.717, 1.165) is 19.4 Å². The second-order valence-corrected chi connectivity index (χ2v) is 4.83. The number of carbonyl (C=O) groups is 1. The van der Waals surface area contributed by atoms with Crippen molar-refractivity contribution in [3.8, 4) is 0 Å². The number of para-hydroxylation sites is 1. The van der Waals surface area contributed by atoms with E-state index in [-0.39, 0.29) is 5.91 Å². The first-order chi connectivity index (χ1) is 8.18. The van der Waals surface area contributed by atoms with Crippen LogP contribution in [0.5, 0.6) is 0 Å². The topological polar surface area (TPSA) is 32.3 Å². The molecule has 2 rings (SSSR count). The number of fused-ring (bicyclic) bond motifs is 1. The molecule has 0 radical (unpaired) electrons. The Morgan fingerprint density at radius 2 is 2.18 bits per heavy atom. The standard InChI is InChI=1S/C14H20N2O/c1-16(2)14(17)8-7-11-9-10-15-13-6-4-3-5-12(11)13/h3-6,11,15H,7-10H2,1-2H3/t11-/m1/s1. The van der Waals surface area contributed by atoms with E-state index in [1.165, 1.54) is 11.3 Å². The van der Waals surface area contributed by atoms with E-state index < -0.39 is 0 Å². The van der Waals surface area contributed by atoms with Crippen molar-refractivity contribution in [2.75, 3.05) is 26.0 Å². The molecule has 1 aromatic carbocycles. The Morgan fingerprint density at radius 3 is 2.94 bits per heavy atom. The summed E-state index contributed by atoms with van der Waals surface area (Å²) in [6.07, 6.45) is 2.72. The van der Waals surface area contributed by atoms with Gasteiger partial charge in [-0.05, 0) is 30.4 Å². The number of hydrogen-bond donors (Lipinski definition) is 1. The van der Waals surface area contributed by atoms with Crippen molar-refractivity contribution in [3.63, 3.8) is 0 Å². The monoisotopic (exact) mass is 232 g/mol. The van der Waals surface area contributed by atoms with Gasteiger partial charge in [-0.15, -0.1) is 0 Å². The average molecular weight is 232 g/mol. The lowest BCUT2D eigenvalue weighted by Gasteiger charge is -2.26. The summed E-state index contributed by atoms with van der Waals surface area (Å²) in [5, 5.41) is 3.41. The molecule has 1 N–H and O–H groups in total. The molecule has 0 aliphatic carbocycles. The molecule has 1 amide bonds. The summed E-state index contributed by atoms with van der Waals surface area (Å²) in [5.41, 5.74) is 2.60. The quantitative estimate of drug-likeness (QED) is 0.868. The van der Waals surface area contributed by atoms with Crippen LogP contribution in [-0.4, -0.2) is 31.4 Å². The Bertz CT molecular complexity index is 401. The molecule has 0 aromatic heterocycles. The molecule has 0 spiro atoms. The normalized spacial score (nSPS) is 18.1. The van der Waals surface area contributed by atoms with Gasteiger partial charge in [-0.1, -0.05) is 18.2 Å². The number of hydrogen-bond acceptors (Lipinski definition) is 2. The molecule has 3 nitrogen and oxygen atoms in total. The second kappa shape index (κ2) is 5.21. The summed E-state index contributed by atoms with van der Waals surface area (Å²) in [6, 6.07) is 8.42. The van der Waals surface area contributed by atoms with Crippen LogP contribution >= 0.6 is 0 Å². The molecule has 0 unspecified atom stereocenters. The van der Waals surface area contributed by atoms with Crippen LogP contribution in [0.4, 0.5) is 5.69 Å². The smallest absolute Gasteiger partial charge is 0.222 e. The first-order valence-corrected chi connectivity index (χ1v) is 6.21. The van der Waals surface area contributed by atoms with Gasteiger partial charge in [0.15, 0.2) is 0 Å². The lowest BCUT2D eigenvalue weighted by molar-refractivity contribution is -0.128. The third-order valence-electron chi connectivity index (χ3n) is 3.41. The lowest BCUT2D eigenvalue weighted by Crippen LogP contribution is -2.23. The van der Waals surface area contributed by atoms with Gasteiger partial charge in [0.25, 0.3) is 0 Å². The number of carbonyl (C=O) groups excluding carboxylic acids is 1. The van der Waals surface area contributed by atoms with Crippen molar-refractivity contribution in [1.29, 1.82) is 0 Å². The zero-order chi connectivity index (χ0) is 12.3. The highest BCUT2D eigenvalue weighted by atomic mass is 16.2. The van der Waals surface area contributed by atoms with E-state index in [9.17, 15) is 4.79 Å². The number of rotatable bonds is 3. The van der Waals surface area contributed by atoms with E-state index in [1.807, 2.05) is 14.1 Å². The number of anilines is 1. The fraction of sp³-hybridized carbons (Fsp3) is 0.500. The molecule has 1 aliphatic heterocycles. The third kappa shape index (κ3) is 2.78. The highest BCUT2D eigenvalue weighted by molar-refractivity contribution is 5.75. The number of benzene rings is 1. The van der Waals surface area contributed by atoms with Crippen molar-refractivity contribution < 1.29 is 4.79 Å². The summed E-state index contributed by atoms with van der Waals surface area (Å²) in [7, 11) is 3.64. The molecule has 3 heteroatoms. The predicted molar refractivity (Wildman–Crippen MR) is 70.2 cm³/mol. The fourth-order valence-electron chi connectivity index (χ4n) is 2.37. The summed E-state index contributed by atoms with van der Waals surface area (Å²) in [6.45, 7) is 1.01. The molecule has 0 saturated carbocycles. The first-order valence-electron chi connectivity index (χ1n) is 6.21. The van der Waals surface area contributed by atoms with Gasteiger partial charge in [-0.3, -0.25) is 4.79 Å². The van der Waals surface area contributed by atoms with E-state index in [2.05, 4.69) is 29.6 Å². The third-order valence-corrected chi connectivity index (χ3v) is 3.41. The summed E-state index contributed by atoms with van der Waals surface area (Å²) < 4.78 is 0. The molecular formula is C14H20N2O. The van der Waals surface area contributed by atoms with Crippen molar-refractivity contribution in [2.45, 2.75) is 25.2 Å². The minimum absolute atomic E-state index is 0.223. The summed E-state index contributed by atoms with van der Waals surface area (Å²) >= 11 is 0. The Kier molecular flexibility index (Phi) is 3.67. The minimum atomic E-state index is 0.223. The number of nitrogens with zero attached hydrogens (tertiary/aromatic N) is 1. The maximum Gasteiger partial charge on any atom is 0.222 e. The van der Waals surface area contributed by atoms with Gasteiger partial charge in [0.05, 0.1) is 0 Å². The van der Waals surface area contributed by atoms with Crippen LogP contribution in [0.2, 0.25) is 0 Å². The van der Waals surface area contributed by atoms with Gasteiger partial charge < -0.3 is 10.2 Å². The van der Waals surface area contributed by atoms with Crippen LogP contribution in [-0.2, 0) is 4.79 Å². The zero-order valence-corrected chi connectivity index (χ0v) is 10.6. The first kappa shape index (κ1) is 12.0. The van der Waals surface area contributed by atoms with E-state index in [0.29, 0.717) is 12.3 Å². The van der Waals surface area contributed by atoms with Gasteiger partial charge in [0.2, 0.25) is 5.91 Å². The van der Waals surface area contributed by atoms with Crippen LogP contribution in [0, 0.1) is 0 Å². The molecule has 1 heterocycles. The minimum Gasteiger partial charge on any atom is -0.385 e. The zero-order valence-electron chi connectivity index (χ0n) is 10.6. The van der Waals surface area contributed by atoms with Gasteiger partial charge in [0.1, 0.15) is 0 Å². The van der Waals surface area contributed by atoms with Crippen LogP contribution < -0.4 is 5.32 Å². The Labute approximate surface area is 103 Å². The summed E-state index contributed by atoms with van der Waals surface area (Å²) in [5.74, 6) is 0.748. The second-order valence-electron chi connectivity index (χ2n) is 4.83. The highest BCUT2D eigenvalue weighted by Crippen LogP contribution is 2.34. The van der Waals surface area contributed by atoms with Crippen LogP contribution in [0.3, 0.4) is 0 Å². The van der Waals surface area contributed by atoms with Crippen LogP contribution in [0.1, 0.15) is 30.7 Å². The van der Waals surface area contributed by atoms with Gasteiger partial charge in [0, 0.05) is 32.7 Å². The molecule has 17 heavy (non-hydrogen) atoms. The molecule has 1 aromatic rings. The van der Waals surface area contributed by atoms with Gasteiger partial charge in [-0.25, -0.2) is 0 Å². The van der Waals surface area contributed by atoms with Crippen molar-refractivity contribution >= 4 is 11.6 Å². The Hall–Kier alpha value is -1.51. The van der Waals surface area contributed by atoms with Gasteiger partial charge >= 0.3 is 0 Å². The number of amides is 1. The molecule has 1 atom stereocenters. The Balaban J connectivity index is 2.01. The maximum absolute atomic E-state index is 11.6. The molecule has 92 valence electrons. The lowest BCUT2D eigenvalue weighted by atomic mass is 9.87. The average Bonchev–Trinajstić information content (AvgIpc) is 2.35. The van der Waals surface area contributed by atoms with Crippen LogP contribution in [0.15, 0.2) is 24.3 Å². The van der Waals surface area contributed by atoms with Gasteiger partial charge in [-0.2, -0.15) is 0 Å². The molecular weight excluding hydrogens is 212 g/mol. The Morgan fingerprint density at radius 1 is 1.41 bits per heavy atom. The van der Waals surface area contributed by atoms with Crippen molar-refractivity contribution in [3.05, 3.63) is 29.8 Å². The predicted octanol–water partition coefficient (Wildman–Crippen LogP) is 2.45. The van der Waals surface area contributed by atoms with Crippen molar-refractivity contribution in [1.82, 2.24) is 4.90 Å². The SMILES string of the molecule is CN(C)C(=O)CC[C@@H]1CCNc2ccccc21. The fourth-order valence-corrected chi connectivity index (χ4v) is 2.37. The largest absolute Gasteiger partial charge is 0.385 e. The molecule has 0 saturated heterocycles. The highest BCUT2D eigenvalue weighted by Gasteiger charge is 2.20.